The van der Waals surface area contributed by atoms with Crippen LogP contribution in [0.25, 0.3) is 5.70 Å². The van der Waals surface area contributed by atoms with E-state index in [1.54, 1.807) is 10.7 Å². The Morgan fingerprint density at radius 2 is 1.83 bits per heavy atom. The molecule has 1 atom stereocenters. The largest absolute Gasteiger partial charge is 0.323 e. The molecule has 0 radical (unpaired) electrons. The zero-order valence-corrected chi connectivity index (χ0v) is 15.2. The van der Waals surface area contributed by atoms with Crippen LogP contribution in [0.5, 0.6) is 0 Å². The summed E-state index contributed by atoms with van der Waals surface area (Å²) in [7, 11) is 0. The fourth-order valence-electron chi connectivity index (χ4n) is 2.59. The number of fused-ring (bicyclic) bond motifs is 1. The summed E-state index contributed by atoms with van der Waals surface area (Å²) >= 11 is 15.6. The minimum Gasteiger partial charge on any atom is -0.323 e. The van der Waals surface area contributed by atoms with Gasteiger partial charge >= 0.3 is 0 Å². The molecule has 0 saturated carbocycles. The van der Waals surface area contributed by atoms with Crippen molar-refractivity contribution in [3.05, 3.63) is 74.2 Å². The molecule has 0 spiro atoms. The van der Waals surface area contributed by atoms with Gasteiger partial charge in [0, 0.05) is 10.2 Å². The van der Waals surface area contributed by atoms with E-state index in [9.17, 15) is 0 Å². The van der Waals surface area contributed by atoms with E-state index in [2.05, 4.69) is 42.8 Å². The van der Waals surface area contributed by atoms with Gasteiger partial charge in [-0.25, -0.2) is 0 Å². The molecule has 1 aliphatic rings. The summed E-state index contributed by atoms with van der Waals surface area (Å²) in [6, 6.07) is 13.4. The first-order valence-corrected chi connectivity index (χ1v) is 8.64. The number of aromatic nitrogens is 4. The van der Waals surface area contributed by atoms with Crippen LogP contribution in [0.4, 0.5) is 5.95 Å². The number of anilines is 1. The standard InChI is InChI=1S/C16H10BrCl2N5/c17-11-4-1-9(2-5-11)14-8-15(24-16(20-14)21-22-23-24)10-3-6-12(18)13(19)7-10/h1-8,15H,(H,20,21,23). The lowest BCUT2D eigenvalue weighted by molar-refractivity contribution is 0.586. The van der Waals surface area contributed by atoms with E-state index in [0.717, 1.165) is 21.3 Å². The van der Waals surface area contributed by atoms with Crippen LogP contribution in [-0.2, 0) is 0 Å². The molecule has 1 aromatic heterocycles. The van der Waals surface area contributed by atoms with Crippen molar-refractivity contribution in [2.75, 3.05) is 5.32 Å². The third-order valence-electron chi connectivity index (χ3n) is 3.77. The number of tetrazole rings is 1. The summed E-state index contributed by atoms with van der Waals surface area (Å²) in [6.07, 6.45) is 2.06. The van der Waals surface area contributed by atoms with Gasteiger partial charge in [0.05, 0.1) is 10.0 Å². The third-order valence-corrected chi connectivity index (χ3v) is 5.04. The third kappa shape index (κ3) is 2.81. The van der Waals surface area contributed by atoms with Crippen molar-refractivity contribution >= 4 is 50.8 Å². The quantitative estimate of drug-likeness (QED) is 0.644. The molecule has 3 aromatic rings. The highest BCUT2D eigenvalue weighted by Crippen LogP contribution is 2.34. The van der Waals surface area contributed by atoms with Crippen molar-refractivity contribution in [3.8, 4) is 0 Å². The smallest absolute Gasteiger partial charge is 0.248 e. The molecule has 1 N–H and O–H groups in total. The van der Waals surface area contributed by atoms with Gasteiger partial charge in [0.1, 0.15) is 6.04 Å². The minimum atomic E-state index is -0.176. The maximum absolute atomic E-state index is 6.17. The van der Waals surface area contributed by atoms with Crippen molar-refractivity contribution in [1.29, 1.82) is 0 Å². The SMILES string of the molecule is Clc1ccc(C2C=C(c3ccc(Br)cc3)Nc3nnnn32)cc1Cl. The van der Waals surface area contributed by atoms with E-state index in [1.807, 2.05) is 36.4 Å². The molecule has 1 unspecified atom stereocenters. The molecular weight excluding hydrogens is 413 g/mol. The molecule has 0 saturated heterocycles. The van der Waals surface area contributed by atoms with Gasteiger partial charge in [-0.1, -0.05) is 62.4 Å². The van der Waals surface area contributed by atoms with Crippen LogP contribution in [-0.4, -0.2) is 20.2 Å². The van der Waals surface area contributed by atoms with Crippen LogP contribution in [0.3, 0.4) is 0 Å². The fraction of sp³-hybridized carbons (Fsp3) is 0.0625. The van der Waals surface area contributed by atoms with Gasteiger partial charge in [-0.05, 0) is 51.9 Å². The van der Waals surface area contributed by atoms with Crippen LogP contribution in [0.2, 0.25) is 10.0 Å². The average Bonchev–Trinajstić information content (AvgIpc) is 3.06. The van der Waals surface area contributed by atoms with Gasteiger partial charge < -0.3 is 5.32 Å². The van der Waals surface area contributed by atoms with E-state index in [1.165, 1.54) is 0 Å². The Balaban J connectivity index is 1.81. The Kier molecular flexibility index (Phi) is 4.04. The van der Waals surface area contributed by atoms with Crippen LogP contribution in [0.15, 0.2) is 53.0 Å². The van der Waals surface area contributed by atoms with Gasteiger partial charge in [-0.15, -0.1) is 0 Å². The van der Waals surface area contributed by atoms with Gasteiger partial charge in [-0.2, -0.15) is 4.68 Å². The predicted molar refractivity (Wildman–Crippen MR) is 98.2 cm³/mol. The van der Waals surface area contributed by atoms with Crippen molar-refractivity contribution in [1.82, 2.24) is 20.2 Å². The minimum absolute atomic E-state index is 0.176. The molecule has 2 heterocycles. The first-order valence-electron chi connectivity index (χ1n) is 7.09. The summed E-state index contributed by atoms with van der Waals surface area (Å²) in [5.74, 6) is 0.575. The second-order valence-corrected chi connectivity index (χ2v) is 7.01. The van der Waals surface area contributed by atoms with E-state index in [4.69, 9.17) is 23.2 Å². The highest BCUT2D eigenvalue weighted by atomic mass is 79.9. The highest BCUT2D eigenvalue weighted by Gasteiger charge is 2.24. The lowest BCUT2D eigenvalue weighted by Gasteiger charge is -2.23. The Bertz CT molecular complexity index is 936. The molecule has 5 nitrogen and oxygen atoms in total. The molecule has 0 bridgehead atoms. The second kappa shape index (κ2) is 6.20. The van der Waals surface area contributed by atoms with E-state index >= 15 is 0 Å². The molecule has 24 heavy (non-hydrogen) atoms. The monoisotopic (exact) mass is 421 g/mol. The number of hydrogen-bond acceptors (Lipinski definition) is 4. The number of nitrogens with zero attached hydrogens (tertiary/aromatic N) is 4. The zero-order chi connectivity index (χ0) is 16.7. The number of allylic oxidation sites excluding steroid dienone is 1. The average molecular weight is 423 g/mol. The Labute approximate surface area is 156 Å². The molecular formula is C16H10BrCl2N5. The molecule has 4 rings (SSSR count). The first kappa shape index (κ1) is 15.6. The summed E-state index contributed by atoms with van der Waals surface area (Å²) in [5.41, 5.74) is 2.92. The number of halogens is 3. The predicted octanol–water partition coefficient (Wildman–Crippen LogP) is 4.80. The number of benzene rings is 2. The van der Waals surface area contributed by atoms with Crippen LogP contribution in [0.1, 0.15) is 17.2 Å². The summed E-state index contributed by atoms with van der Waals surface area (Å²) in [4.78, 5) is 0. The van der Waals surface area contributed by atoms with Crippen molar-refractivity contribution in [2.45, 2.75) is 6.04 Å². The lowest BCUT2D eigenvalue weighted by atomic mass is 10.0. The van der Waals surface area contributed by atoms with E-state index < -0.39 is 0 Å². The van der Waals surface area contributed by atoms with Gasteiger partial charge in [0.25, 0.3) is 0 Å². The zero-order valence-electron chi connectivity index (χ0n) is 12.1. The second-order valence-electron chi connectivity index (χ2n) is 5.28. The Morgan fingerprint density at radius 1 is 1.04 bits per heavy atom. The van der Waals surface area contributed by atoms with Gasteiger partial charge in [-0.3, -0.25) is 0 Å². The molecule has 1 aliphatic heterocycles. The number of hydrogen-bond donors (Lipinski definition) is 1. The molecule has 2 aromatic carbocycles. The first-order chi connectivity index (χ1) is 11.6. The topological polar surface area (TPSA) is 55.6 Å². The summed E-state index contributed by atoms with van der Waals surface area (Å²) in [6.45, 7) is 0. The maximum atomic E-state index is 6.17. The molecule has 8 heteroatoms. The van der Waals surface area contributed by atoms with Gasteiger partial charge in [0.15, 0.2) is 0 Å². The number of rotatable bonds is 2. The van der Waals surface area contributed by atoms with E-state index in [-0.39, 0.29) is 6.04 Å². The van der Waals surface area contributed by atoms with E-state index in [0.29, 0.717) is 16.0 Å². The normalized spacial score (nSPS) is 16.3. The molecule has 0 aliphatic carbocycles. The molecule has 120 valence electrons. The van der Waals surface area contributed by atoms with Gasteiger partial charge in [0.2, 0.25) is 5.95 Å². The van der Waals surface area contributed by atoms with Crippen LogP contribution < -0.4 is 5.32 Å². The lowest BCUT2D eigenvalue weighted by Crippen LogP contribution is -2.20. The molecule has 0 fully saturated rings. The summed E-state index contributed by atoms with van der Waals surface area (Å²) in [5, 5.41) is 16.2. The highest BCUT2D eigenvalue weighted by molar-refractivity contribution is 9.10. The van der Waals surface area contributed by atoms with Crippen LogP contribution >= 0.6 is 39.1 Å². The van der Waals surface area contributed by atoms with Crippen molar-refractivity contribution < 1.29 is 0 Å². The molecule has 0 amide bonds. The maximum Gasteiger partial charge on any atom is 0.248 e. The van der Waals surface area contributed by atoms with Crippen molar-refractivity contribution in [2.24, 2.45) is 0 Å². The van der Waals surface area contributed by atoms with Crippen LogP contribution in [0, 0.1) is 0 Å². The summed E-state index contributed by atoms with van der Waals surface area (Å²) < 4.78 is 2.73. The fourth-order valence-corrected chi connectivity index (χ4v) is 3.16. The Hall–Kier alpha value is -1.89. The Morgan fingerprint density at radius 3 is 2.58 bits per heavy atom. The number of nitrogens with one attached hydrogen (secondary N) is 1. The van der Waals surface area contributed by atoms with Crippen molar-refractivity contribution in [3.63, 3.8) is 0 Å².